The van der Waals surface area contributed by atoms with Gasteiger partial charge in [-0.25, -0.2) is 4.99 Å². The highest BCUT2D eigenvalue weighted by molar-refractivity contribution is 5.94. The summed E-state index contributed by atoms with van der Waals surface area (Å²) in [5.74, 6) is 1.81. The molecule has 0 aliphatic heterocycles. The fraction of sp³-hybridized carbons (Fsp3) is 0.500. The van der Waals surface area contributed by atoms with Crippen LogP contribution < -0.4 is 16.1 Å². The molecule has 0 spiro atoms. The third-order valence-corrected chi connectivity index (χ3v) is 4.36. The van der Waals surface area contributed by atoms with E-state index in [9.17, 15) is 5.21 Å². The number of fused-ring (bicyclic) bond motifs is 2. The zero-order valence-corrected chi connectivity index (χ0v) is 11.6. The van der Waals surface area contributed by atoms with Gasteiger partial charge in [0.2, 0.25) is 5.96 Å². The molecular formula is C14H18N6O. The lowest BCUT2D eigenvalue weighted by Crippen LogP contribution is -2.30. The Morgan fingerprint density at radius 2 is 2.29 bits per heavy atom. The highest BCUT2D eigenvalue weighted by Gasteiger charge is 2.39. The maximum absolute atomic E-state index is 9.48. The summed E-state index contributed by atoms with van der Waals surface area (Å²) in [5, 5.41) is 31.3. The lowest BCUT2D eigenvalue weighted by Gasteiger charge is -2.19. The molecule has 3 rings (SSSR count). The average molecular weight is 286 g/mol. The predicted molar refractivity (Wildman–Crippen MR) is 76.5 cm³/mol. The molecule has 21 heavy (non-hydrogen) atoms. The van der Waals surface area contributed by atoms with Crippen molar-refractivity contribution in [2.45, 2.75) is 31.7 Å². The normalized spacial score (nSPS) is 27.4. The second kappa shape index (κ2) is 5.48. The van der Waals surface area contributed by atoms with Crippen LogP contribution in [-0.2, 0) is 0 Å². The first-order valence-corrected chi connectivity index (χ1v) is 7.12. The number of nitrogens with one attached hydrogen (secondary N) is 3. The number of nitrogens with zero attached hydrogens (tertiary/aromatic N) is 3. The van der Waals surface area contributed by atoms with Gasteiger partial charge in [-0.05, 0) is 43.2 Å². The summed E-state index contributed by atoms with van der Waals surface area (Å²) in [6.07, 6.45) is 8.13. The van der Waals surface area contributed by atoms with Crippen molar-refractivity contribution in [1.82, 2.24) is 10.0 Å². The molecule has 3 atom stereocenters. The standard InChI is InChI=1S/C14H18N6O/c15-8-17-14(18-11-3-4-13(16)20(21)7-11)19-12-6-9-1-2-10(12)5-9/h3-4,7,9-10,12,16,21H,1-2,5-6H2,(H2,17,18,19)/t9-,10+,12+/m0/s1. The van der Waals surface area contributed by atoms with Gasteiger partial charge in [-0.2, -0.15) is 9.99 Å². The van der Waals surface area contributed by atoms with E-state index in [1.54, 1.807) is 6.07 Å². The molecule has 1 heterocycles. The van der Waals surface area contributed by atoms with E-state index >= 15 is 0 Å². The molecule has 1 aromatic heterocycles. The zero-order valence-electron chi connectivity index (χ0n) is 11.6. The average Bonchev–Trinajstić information content (AvgIpc) is 3.05. The number of nitriles is 1. The molecule has 2 bridgehead atoms. The van der Waals surface area contributed by atoms with Crippen LogP contribution in [0.4, 0.5) is 5.69 Å². The van der Waals surface area contributed by atoms with Gasteiger partial charge in [-0.3, -0.25) is 10.7 Å². The van der Waals surface area contributed by atoms with Crippen molar-refractivity contribution in [3.63, 3.8) is 0 Å². The Kier molecular flexibility index (Phi) is 3.52. The molecule has 2 aliphatic rings. The number of hydrogen-bond acceptors (Lipinski definition) is 4. The van der Waals surface area contributed by atoms with Crippen molar-refractivity contribution in [3.8, 4) is 6.19 Å². The van der Waals surface area contributed by atoms with E-state index in [-0.39, 0.29) is 11.5 Å². The summed E-state index contributed by atoms with van der Waals surface area (Å²) in [4.78, 5) is 4.63. The highest BCUT2D eigenvalue weighted by atomic mass is 16.5. The van der Waals surface area contributed by atoms with Crippen molar-refractivity contribution in [1.29, 1.82) is 10.7 Å². The number of rotatable bonds is 2. The van der Waals surface area contributed by atoms with E-state index in [0.717, 1.165) is 12.3 Å². The molecule has 7 nitrogen and oxygen atoms in total. The van der Waals surface area contributed by atoms with Crippen LogP contribution >= 0.6 is 0 Å². The van der Waals surface area contributed by atoms with E-state index in [1.807, 2.05) is 6.19 Å². The minimum Gasteiger partial charge on any atom is -0.427 e. The Labute approximate surface area is 122 Å². The van der Waals surface area contributed by atoms with Crippen LogP contribution in [-0.4, -0.2) is 21.9 Å². The molecule has 0 aromatic carbocycles. The highest BCUT2D eigenvalue weighted by Crippen LogP contribution is 2.45. The summed E-state index contributed by atoms with van der Waals surface area (Å²) in [6.45, 7) is 0. The van der Waals surface area contributed by atoms with Gasteiger partial charge in [0.25, 0.3) is 0 Å². The van der Waals surface area contributed by atoms with E-state index in [4.69, 9.17) is 10.7 Å². The molecule has 2 aliphatic carbocycles. The Morgan fingerprint density at radius 3 is 2.90 bits per heavy atom. The van der Waals surface area contributed by atoms with Crippen molar-refractivity contribution >= 4 is 11.6 Å². The molecule has 1 aromatic rings. The summed E-state index contributed by atoms with van der Waals surface area (Å²) in [5.41, 5.74) is 0.554. The quantitative estimate of drug-likeness (QED) is 0.215. The SMILES string of the molecule is N#CNC(=N[C@@H]1C[C@H]2CC[C@@H]1C2)Nc1ccc(=N)n(O)c1. The van der Waals surface area contributed by atoms with E-state index < -0.39 is 0 Å². The summed E-state index contributed by atoms with van der Waals surface area (Å²) >= 11 is 0. The van der Waals surface area contributed by atoms with Crippen LogP contribution in [0.1, 0.15) is 25.7 Å². The first-order valence-electron chi connectivity index (χ1n) is 7.12. The van der Waals surface area contributed by atoms with Crippen LogP contribution in [0.2, 0.25) is 0 Å². The topological polar surface area (TPSA) is 109 Å². The van der Waals surface area contributed by atoms with Crippen LogP contribution in [0.3, 0.4) is 0 Å². The van der Waals surface area contributed by atoms with Crippen LogP contribution in [0.5, 0.6) is 0 Å². The first-order chi connectivity index (χ1) is 10.2. The minimum absolute atomic E-state index is 0.0135. The van der Waals surface area contributed by atoms with Gasteiger partial charge < -0.3 is 10.5 Å². The lowest BCUT2D eigenvalue weighted by molar-refractivity contribution is 0.171. The second-order valence-corrected chi connectivity index (χ2v) is 5.73. The maximum Gasteiger partial charge on any atom is 0.209 e. The first kappa shape index (κ1) is 13.5. The third kappa shape index (κ3) is 2.84. The Hall–Kier alpha value is -2.49. The van der Waals surface area contributed by atoms with Crippen LogP contribution in [0.25, 0.3) is 0 Å². The van der Waals surface area contributed by atoms with Crippen LogP contribution in [0.15, 0.2) is 23.3 Å². The Morgan fingerprint density at radius 1 is 1.43 bits per heavy atom. The molecule has 4 N–H and O–H groups in total. The summed E-state index contributed by atoms with van der Waals surface area (Å²) < 4.78 is 0.712. The molecule has 110 valence electrons. The van der Waals surface area contributed by atoms with E-state index in [1.165, 1.54) is 31.5 Å². The number of pyridine rings is 1. The maximum atomic E-state index is 9.48. The third-order valence-electron chi connectivity index (χ3n) is 4.36. The number of anilines is 1. The number of aromatic nitrogens is 1. The molecule has 0 amide bonds. The summed E-state index contributed by atoms with van der Waals surface area (Å²) in [7, 11) is 0. The van der Waals surface area contributed by atoms with Crippen molar-refractivity contribution in [3.05, 3.63) is 23.8 Å². The number of guanidine groups is 1. The lowest BCUT2D eigenvalue weighted by atomic mass is 9.96. The van der Waals surface area contributed by atoms with Gasteiger partial charge in [0, 0.05) is 0 Å². The predicted octanol–water partition coefficient (Wildman–Crippen LogP) is 1.23. The monoisotopic (exact) mass is 286 g/mol. The molecule has 0 unspecified atom stereocenters. The van der Waals surface area contributed by atoms with Gasteiger partial charge in [0.1, 0.15) is 0 Å². The fourth-order valence-corrected chi connectivity index (χ4v) is 3.38. The molecule has 0 radical (unpaired) electrons. The van der Waals surface area contributed by atoms with E-state index in [2.05, 4.69) is 15.6 Å². The largest absolute Gasteiger partial charge is 0.427 e. The van der Waals surface area contributed by atoms with Gasteiger partial charge in [-0.15, -0.1) is 0 Å². The number of hydrogen-bond donors (Lipinski definition) is 4. The van der Waals surface area contributed by atoms with Crippen molar-refractivity contribution in [2.75, 3.05) is 5.32 Å². The molecule has 7 heteroatoms. The zero-order chi connectivity index (χ0) is 14.8. The fourth-order valence-electron chi connectivity index (χ4n) is 3.38. The van der Waals surface area contributed by atoms with Gasteiger partial charge in [0.05, 0.1) is 17.9 Å². The van der Waals surface area contributed by atoms with Gasteiger partial charge in [-0.1, -0.05) is 6.42 Å². The van der Waals surface area contributed by atoms with Gasteiger partial charge in [0.15, 0.2) is 11.7 Å². The molecule has 2 fully saturated rings. The summed E-state index contributed by atoms with van der Waals surface area (Å²) in [6, 6.07) is 3.39. The number of aliphatic imine (C=N–C) groups is 1. The Balaban J connectivity index is 1.76. The minimum atomic E-state index is -0.0135. The molecular weight excluding hydrogens is 268 g/mol. The molecule has 0 saturated heterocycles. The smallest absolute Gasteiger partial charge is 0.209 e. The van der Waals surface area contributed by atoms with Crippen LogP contribution in [0, 0.1) is 28.7 Å². The van der Waals surface area contributed by atoms with Gasteiger partial charge >= 0.3 is 0 Å². The van der Waals surface area contributed by atoms with E-state index in [0.29, 0.717) is 22.3 Å². The molecule has 2 saturated carbocycles. The Bertz CT molecular complexity index is 658. The van der Waals surface area contributed by atoms with Crippen molar-refractivity contribution in [2.24, 2.45) is 16.8 Å². The second-order valence-electron chi connectivity index (χ2n) is 5.73. The van der Waals surface area contributed by atoms with Crippen molar-refractivity contribution < 1.29 is 5.21 Å².